The topological polar surface area (TPSA) is 12.5 Å². The van der Waals surface area contributed by atoms with Crippen molar-refractivity contribution in [3.05, 3.63) is 0 Å². The highest BCUT2D eigenvalue weighted by atomic mass is 19.4. The molecule has 0 bridgehead atoms. The molecule has 0 spiro atoms. The zero-order valence-corrected chi connectivity index (χ0v) is 7.60. The van der Waals surface area contributed by atoms with E-state index in [0.29, 0.717) is 6.54 Å². The van der Waals surface area contributed by atoms with Gasteiger partial charge in [0, 0.05) is 13.1 Å². The zero-order chi connectivity index (χ0) is 9.90. The van der Waals surface area contributed by atoms with Gasteiger partial charge in [0.05, 0.1) is 6.61 Å². The molecule has 1 saturated heterocycles. The van der Waals surface area contributed by atoms with Crippen molar-refractivity contribution >= 4 is 0 Å². The fourth-order valence-electron chi connectivity index (χ4n) is 1.42. The summed E-state index contributed by atoms with van der Waals surface area (Å²) in [7, 11) is 0. The van der Waals surface area contributed by atoms with Crippen LogP contribution in [0.3, 0.4) is 0 Å². The van der Waals surface area contributed by atoms with Gasteiger partial charge < -0.3 is 4.74 Å². The van der Waals surface area contributed by atoms with Crippen molar-refractivity contribution in [2.45, 2.75) is 25.6 Å². The highest BCUT2D eigenvalue weighted by molar-refractivity contribution is 4.76. The lowest BCUT2D eigenvalue weighted by Gasteiger charge is -2.33. The molecule has 0 saturated carbocycles. The SMILES string of the molecule is CCCN1CCOC(C(F)(F)F)C1. The van der Waals surface area contributed by atoms with Crippen LogP contribution < -0.4 is 0 Å². The van der Waals surface area contributed by atoms with Crippen LogP contribution in [0.1, 0.15) is 13.3 Å². The molecule has 78 valence electrons. The first-order valence-electron chi connectivity index (χ1n) is 4.44. The number of morpholine rings is 1. The van der Waals surface area contributed by atoms with E-state index in [1.165, 1.54) is 0 Å². The Morgan fingerprint density at radius 3 is 2.69 bits per heavy atom. The highest BCUT2D eigenvalue weighted by Gasteiger charge is 2.43. The summed E-state index contributed by atoms with van der Waals surface area (Å²) in [6.45, 7) is 3.45. The lowest BCUT2D eigenvalue weighted by molar-refractivity contribution is -0.237. The third-order valence-corrected chi connectivity index (χ3v) is 2.06. The summed E-state index contributed by atoms with van der Waals surface area (Å²) >= 11 is 0. The van der Waals surface area contributed by atoms with Gasteiger partial charge in [-0.3, -0.25) is 4.90 Å². The van der Waals surface area contributed by atoms with E-state index in [9.17, 15) is 13.2 Å². The van der Waals surface area contributed by atoms with E-state index in [1.807, 2.05) is 6.92 Å². The molecule has 1 atom stereocenters. The third-order valence-electron chi connectivity index (χ3n) is 2.06. The van der Waals surface area contributed by atoms with E-state index in [2.05, 4.69) is 4.74 Å². The summed E-state index contributed by atoms with van der Waals surface area (Å²) in [5, 5.41) is 0. The molecule has 5 heteroatoms. The highest BCUT2D eigenvalue weighted by Crippen LogP contribution is 2.25. The summed E-state index contributed by atoms with van der Waals surface area (Å²) in [4.78, 5) is 1.79. The van der Waals surface area contributed by atoms with Crippen molar-refractivity contribution in [2.24, 2.45) is 0 Å². The van der Waals surface area contributed by atoms with Gasteiger partial charge in [-0.1, -0.05) is 6.92 Å². The van der Waals surface area contributed by atoms with Crippen LogP contribution in [0.25, 0.3) is 0 Å². The number of ether oxygens (including phenoxy) is 1. The smallest absolute Gasteiger partial charge is 0.366 e. The molecule has 1 aliphatic heterocycles. The van der Waals surface area contributed by atoms with Gasteiger partial charge in [0.15, 0.2) is 6.10 Å². The third kappa shape index (κ3) is 3.15. The lowest BCUT2D eigenvalue weighted by Crippen LogP contribution is -2.49. The Bertz CT molecular complexity index is 158. The first-order chi connectivity index (χ1) is 6.04. The van der Waals surface area contributed by atoms with Crippen LogP contribution in [0.15, 0.2) is 0 Å². The van der Waals surface area contributed by atoms with Crippen molar-refractivity contribution in [3.63, 3.8) is 0 Å². The normalized spacial score (nSPS) is 26.3. The van der Waals surface area contributed by atoms with Gasteiger partial charge >= 0.3 is 6.18 Å². The minimum Gasteiger partial charge on any atom is -0.366 e. The van der Waals surface area contributed by atoms with Gasteiger partial charge in [0.1, 0.15) is 0 Å². The number of hydrogen-bond acceptors (Lipinski definition) is 2. The number of hydrogen-bond donors (Lipinski definition) is 0. The Hall–Kier alpha value is -0.290. The molecular formula is C8H14F3NO. The summed E-state index contributed by atoms with van der Waals surface area (Å²) in [6.07, 6.45) is -4.93. The minimum atomic E-state index is -4.22. The number of nitrogens with zero attached hydrogens (tertiary/aromatic N) is 1. The molecule has 1 heterocycles. The molecule has 1 aliphatic rings. The van der Waals surface area contributed by atoms with Crippen LogP contribution >= 0.6 is 0 Å². The lowest BCUT2D eigenvalue weighted by atomic mass is 10.2. The van der Waals surface area contributed by atoms with Crippen molar-refractivity contribution in [2.75, 3.05) is 26.2 Å². The van der Waals surface area contributed by atoms with Gasteiger partial charge in [-0.05, 0) is 13.0 Å². The molecular weight excluding hydrogens is 183 g/mol. The van der Waals surface area contributed by atoms with E-state index in [1.54, 1.807) is 4.90 Å². The van der Waals surface area contributed by atoms with Gasteiger partial charge in [-0.15, -0.1) is 0 Å². The average Bonchev–Trinajstić information content (AvgIpc) is 2.04. The number of halogens is 3. The van der Waals surface area contributed by atoms with Crippen LogP contribution in [0, 0.1) is 0 Å². The predicted molar refractivity (Wildman–Crippen MR) is 42.5 cm³/mol. The number of rotatable bonds is 2. The predicted octanol–water partition coefficient (Wildman–Crippen LogP) is 1.66. The largest absolute Gasteiger partial charge is 0.415 e. The fourth-order valence-corrected chi connectivity index (χ4v) is 1.42. The minimum absolute atomic E-state index is 0.0165. The van der Waals surface area contributed by atoms with E-state index in [0.717, 1.165) is 13.0 Å². The van der Waals surface area contributed by atoms with E-state index in [4.69, 9.17) is 0 Å². The molecule has 13 heavy (non-hydrogen) atoms. The van der Waals surface area contributed by atoms with Crippen LogP contribution in [0.5, 0.6) is 0 Å². The summed E-state index contributed by atoms with van der Waals surface area (Å²) < 4.78 is 41.3. The zero-order valence-electron chi connectivity index (χ0n) is 7.60. The van der Waals surface area contributed by atoms with Gasteiger partial charge in [-0.2, -0.15) is 13.2 Å². The molecule has 1 unspecified atom stereocenters. The Kier molecular flexibility index (Phi) is 3.55. The molecule has 1 fully saturated rings. The van der Waals surface area contributed by atoms with Crippen LogP contribution in [0.2, 0.25) is 0 Å². The van der Waals surface area contributed by atoms with E-state index in [-0.39, 0.29) is 13.2 Å². The Balaban J connectivity index is 2.42. The Labute approximate surface area is 75.7 Å². The molecule has 0 N–H and O–H groups in total. The Morgan fingerprint density at radius 1 is 1.46 bits per heavy atom. The quantitative estimate of drug-likeness (QED) is 0.667. The van der Waals surface area contributed by atoms with Gasteiger partial charge in [0.25, 0.3) is 0 Å². The molecule has 0 aromatic heterocycles. The van der Waals surface area contributed by atoms with Crippen molar-refractivity contribution < 1.29 is 17.9 Å². The Morgan fingerprint density at radius 2 is 2.15 bits per heavy atom. The summed E-state index contributed by atoms with van der Waals surface area (Å²) in [5.74, 6) is 0. The fraction of sp³-hybridized carbons (Fsp3) is 1.00. The van der Waals surface area contributed by atoms with Crippen LogP contribution in [-0.4, -0.2) is 43.4 Å². The van der Waals surface area contributed by atoms with Gasteiger partial charge in [-0.25, -0.2) is 0 Å². The number of alkyl halides is 3. The van der Waals surface area contributed by atoms with Crippen LogP contribution in [0.4, 0.5) is 13.2 Å². The van der Waals surface area contributed by atoms with E-state index < -0.39 is 12.3 Å². The van der Waals surface area contributed by atoms with Gasteiger partial charge in [0.2, 0.25) is 0 Å². The second-order valence-electron chi connectivity index (χ2n) is 3.20. The first kappa shape index (κ1) is 10.8. The van der Waals surface area contributed by atoms with Crippen molar-refractivity contribution in [1.29, 1.82) is 0 Å². The van der Waals surface area contributed by atoms with E-state index >= 15 is 0 Å². The molecule has 0 radical (unpaired) electrons. The standard InChI is InChI=1S/C8H14F3NO/c1-2-3-12-4-5-13-7(6-12)8(9,10)11/h7H,2-6H2,1H3. The average molecular weight is 197 g/mol. The molecule has 2 nitrogen and oxygen atoms in total. The monoisotopic (exact) mass is 197 g/mol. The van der Waals surface area contributed by atoms with Crippen LogP contribution in [-0.2, 0) is 4.74 Å². The maximum Gasteiger partial charge on any atom is 0.415 e. The van der Waals surface area contributed by atoms with Crippen molar-refractivity contribution in [3.8, 4) is 0 Å². The maximum absolute atomic E-state index is 12.2. The molecule has 0 amide bonds. The second-order valence-corrected chi connectivity index (χ2v) is 3.20. The summed E-state index contributed by atoms with van der Waals surface area (Å²) in [5.41, 5.74) is 0. The molecule has 1 rings (SSSR count). The molecule has 0 aromatic carbocycles. The first-order valence-corrected chi connectivity index (χ1v) is 4.44. The van der Waals surface area contributed by atoms with Crippen molar-refractivity contribution in [1.82, 2.24) is 4.90 Å². The molecule has 0 aromatic rings. The maximum atomic E-state index is 12.2. The molecule has 0 aliphatic carbocycles. The second kappa shape index (κ2) is 4.28. The summed E-state index contributed by atoms with van der Waals surface area (Å²) in [6, 6.07) is 0.